The Morgan fingerprint density at radius 2 is 0.909 bits per heavy atom. The van der Waals surface area contributed by atoms with Crippen molar-refractivity contribution in [3.8, 4) is 27.9 Å². The molecule has 9 aromatic carbocycles. The zero-order valence-electron chi connectivity index (χ0n) is 29.9. The van der Waals surface area contributed by atoms with Crippen LogP contribution in [0.15, 0.2) is 211 Å². The number of anilines is 3. The largest absolute Gasteiger partial charge is 0.456 e. The van der Waals surface area contributed by atoms with Crippen LogP contribution in [0.2, 0.25) is 0 Å². The fourth-order valence-corrected chi connectivity index (χ4v) is 8.42. The Morgan fingerprint density at radius 1 is 0.364 bits per heavy atom. The van der Waals surface area contributed by atoms with Crippen LogP contribution in [0.4, 0.5) is 17.1 Å². The summed E-state index contributed by atoms with van der Waals surface area (Å²) in [5.41, 5.74) is 13.3. The zero-order valence-corrected chi connectivity index (χ0v) is 29.9. The van der Waals surface area contributed by atoms with E-state index in [9.17, 15) is 0 Å². The summed E-state index contributed by atoms with van der Waals surface area (Å²) in [5, 5.41) is 7.21. The van der Waals surface area contributed by atoms with Crippen LogP contribution in [0.3, 0.4) is 0 Å². The molecule has 11 rings (SSSR count). The lowest BCUT2D eigenvalue weighted by Crippen LogP contribution is -2.10. The summed E-state index contributed by atoms with van der Waals surface area (Å²) < 4.78 is 8.64. The maximum absolute atomic E-state index is 6.23. The highest BCUT2D eigenvalue weighted by Gasteiger charge is 2.18. The van der Waals surface area contributed by atoms with Gasteiger partial charge in [0.2, 0.25) is 0 Å². The number of fused-ring (bicyclic) bond motifs is 7. The molecule has 0 aliphatic rings. The lowest BCUT2D eigenvalue weighted by molar-refractivity contribution is 0.669. The van der Waals surface area contributed by atoms with E-state index in [0.717, 1.165) is 61.4 Å². The summed E-state index contributed by atoms with van der Waals surface area (Å²) >= 11 is 0. The Labute approximate surface area is 318 Å². The van der Waals surface area contributed by atoms with Crippen LogP contribution >= 0.6 is 0 Å². The number of nitrogens with zero attached hydrogens (tertiary/aromatic N) is 2. The highest BCUT2D eigenvalue weighted by molar-refractivity contribution is 6.10. The van der Waals surface area contributed by atoms with Crippen LogP contribution < -0.4 is 4.90 Å². The van der Waals surface area contributed by atoms with Crippen molar-refractivity contribution >= 4 is 71.6 Å². The minimum absolute atomic E-state index is 0.903. The summed E-state index contributed by atoms with van der Waals surface area (Å²) in [5.74, 6) is 0. The molecule has 0 aliphatic carbocycles. The third kappa shape index (κ3) is 5.13. The molecule has 2 heterocycles. The van der Waals surface area contributed by atoms with Gasteiger partial charge in [-0.1, -0.05) is 140 Å². The first kappa shape index (κ1) is 31.2. The number of furan rings is 1. The van der Waals surface area contributed by atoms with E-state index in [1.165, 1.54) is 38.1 Å². The van der Waals surface area contributed by atoms with Gasteiger partial charge in [0.05, 0.1) is 22.4 Å². The van der Waals surface area contributed by atoms with E-state index in [1.807, 2.05) is 12.1 Å². The van der Waals surface area contributed by atoms with E-state index in [2.05, 4.69) is 204 Å². The van der Waals surface area contributed by atoms with Crippen molar-refractivity contribution in [1.82, 2.24) is 4.57 Å². The normalized spacial score (nSPS) is 11.6. The SMILES string of the molecule is c1ccc(-n2c3ccccc3c3ccccc32)c(-c2ccc(N(c3ccc(-c4ccc5c(c4)oc4ccccc45)cc3)c3cccc4ccccc34)cc2)c1. The number of benzene rings is 9. The number of aromatic nitrogens is 1. The van der Waals surface area contributed by atoms with E-state index in [-0.39, 0.29) is 0 Å². The second-order valence-electron chi connectivity index (χ2n) is 14.1. The van der Waals surface area contributed by atoms with Crippen LogP contribution in [0.5, 0.6) is 0 Å². The second kappa shape index (κ2) is 12.6. The fourth-order valence-electron chi connectivity index (χ4n) is 8.42. The topological polar surface area (TPSA) is 21.3 Å². The van der Waals surface area contributed by atoms with E-state index < -0.39 is 0 Å². The van der Waals surface area contributed by atoms with Gasteiger partial charge in [-0.2, -0.15) is 0 Å². The Bertz CT molecular complexity index is 3150. The van der Waals surface area contributed by atoms with Gasteiger partial charge in [0.25, 0.3) is 0 Å². The predicted octanol–water partition coefficient (Wildman–Crippen LogP) is 14.6. The minimum Gasteiger partial charge on any atom is -0.456 e. The van der Waals surface area contributed by atoms with Crippen LogP contribution in [0.25, 0.3) is 82.5 Å². The first-order valence-electron chi connectivity index (χ1n) is 18.8. The first-order valence-corrected chi connectivity index (χ1v) is 18.8. The van der Waals surface area contributed by atoms with Gasteiger partial charge in [0.15, 0.2) is 0 Å². The minimum atomic E-state index is 0.903. The molecule has 11 aromatic rings. The molecular formula is C52H34N2O. The van der Waals surface area contributed by atoms with Crippen molar-refractivity contribution in [3.63, 3.8) is 0 Å². The van der Waals surface area contributed by atoms with E-state index in [0.29, 0.717) is 0 Å². The number of hydrogen-bond acceptors (Lipinski definition) is 2. The molecular weight excluding hydrogens is 669 g/mol. The van der Waals surface area contributed by atoms with Crippen molar-refractivity contribution in [3.05, 3.63) is 206 Å². The van der Waals surface area contributed by atoms with Gasteiger partial charge in [-0.15, -0.1) is 0 Å². The first-order chi connectivity index (χ1) is 27.3. The van der Waals surface area contributed by atoms with E-state index >= 15 is 0 Å². The van der Waals surface area contributed by atoms with Gasteiger partial charge in [-0.3, -0.25) is 0 Å². The van der Waals surface area contributed by atoms with Crippen LogP contribution in [-0.2, 0) is 0 Å². The maximum Gasteiger partial charge on any atom is 0.136 e. The van der Waals surface area contributed by atoms with Crippen molar-refractivity contribution in [2.45, 2.75) is 0 Å². The summed E-state index contributed by atoms with van der Waals surface area (Å²) in [6.07, 6.45) is 0. The average molecular weight is 703 g/mol. The number of rotatable bonds is 6. The second-order valence-corrected chi connectivity index (χ2v) is 14.1. The zero-order chi connectivity index (χ0) is 36.3. The quantitative estimate of drug-likeness (QED) is 0.172. The molecule has 0 unspecified atom stereocenters. The summed E-state index contributed by atoms with van der Waals surface area (Å²) in [4.78, 5) is 2.37. The van der Waals surface area contributed by atoms with Gasteiger partial charge < -0.3 is 13.9 Å². The van der Waals surface area contributed by atoms with Crippen LogP contribution in [0.1, 0.15) is 0 Å². The van der Waals surface area contributed by atoms with Crippen molar-refractivity contribution in [2.75, 3.05) is 4.90 Å². The summed E-state index contributed by atoms with van der Waals surface area (Å²) in [7, 11) is 0. The predicted molar refractivity (Wildman–Crippen MR) is 231 cm³/mol. The molecule has 3 heteroatoms. The molecule has 0 saturated carbocycles. The molecule has 2 aromatic heterocycles. The highest BCUT2D eigenvalue weighted by Crippen LogP contribution is 2.42. The molecule has 0 saturated heterocycles. The highest BCUT2D eigenvalue weighted by atomic mass is 16.3. The number of para-hydroxylation sites is 4. The molecule has 0 aliphatic heterocycles. The van der Waals surface area contributed by atoms with Gasteiger partial charge in [0, 0.05) is 43.9 Å². The lowest BCUT2D eigenvalue weighted by Gasteiger charge is -2.27. The molecule has 0 amide bonds. The van der Waals surface area contributed by atoms with Crippen molar-refractivity contribution < 1.29 is 4.42 Å². The Balaban J connectivity index is 1.01. The standard InChI is InChI=1S/C52H34N2O/c1-2-14-41-36(12-1)13-11-22-47(41)53(39-29-24-35(25-30-39)38-28-33-46-45-18-6-10-23-51(45)55-52(46)34-38)40-31-26-37(27-32-40)42-15-3-7-19-48(42)54-49-20-8-4-16-43(49)44-17-5-9-21-50(44)54/h1-34H. The van der Waals surface area contributed by atoms with Gasteiger partial charge in [-0.25, -0.2) is 0 Å². The third-order valence-electron chi connectivity index (χ3n) is 11.0. The molecule has 0 radical (unpaired) electrons. The molecule has 0 fully saturated rings. The number of hydrogen-bond donors (Lipinski definition) is 0. The molecule has 0 spiro atoms. The smallest absolute Gasteiger partial charge is 0.136 e. The molecule has 3 nitrogen and oxygen atoms in total. The van der Waals surface area contributed by atoms with Crippen molar-refractivity contribution in [2.24, 2.45) is 0 Å². The van der Waals surface area contributed by atoms with E-state index in [1.54, 1.807) is 0 Å². The Morgan fingerprint density at radius 3 is 1.65 bits per heavy atom. The Kier molecular flexibility index (Phi) is 7.17. The van der Waals surface area contributed by atoms with Gasteiger partial charge in [0.1, 0.15) is 11.2 Å². The van der Waals surface area contributed by atoms with Gasteiger partial charge >= 0.3 is 0 Å². The summed E-state index contributed by atoms with van der Waals surface area (Å²) in [6, 6.07) is 74.0. The summed E-state index contributed by atoms with van der Waals surface area (Å²) in [6.45, 7) is 0. The molecule has 55 heavy (non-hydrogen) atoms. The monoisotopic (exact) mass is 702 g/mol. The molecule has 0 bridgehead atoms. The fraction of sp³-hybridized carbons (Fsp3) is 0. The van der Waals surface area contributed by atoms with Gasteiger partial charge in [-0.05, 0) is 88.8 Å². The van der Waals surface area contributed by atoms with Crippen LogP contribution in [0, 0.1) is 0 Å². The molecule has 258 valence electrons. The average Bonchev–Trinajstić information content (AvgIpc) is 3.80. The van der Waals surface area contributed by atoms with Crippen LogP contribution in [-0.4, -0.2) is 4.57 Å². The van der Waals surface area contributed by atoms with E-state index in [4.69, 9.17) is 4.42 Å². The lowest BCUT2D eigenvalue weighted by atomic mass is 10.0. The Hall–Kier alpha value is -7.36. The third-order valence-corrected chi connectivity index (χ3v) is 11.0. The van der Waals surface area contributed by atoms with Crippen molar-refractivity contribution in [1.29, 1.82) is 0 Å². The molecule has 0 atom stereocenters. The molecule has 0 N–H and O–H groups in total. The maximum atomic E-state index is 6.23.